The molecule has 0 radical (unpaired) electrons. The van der Waals surface area contributed by atoms with Gasteiger partial charge in [-0.2, -0.15) is 0 Å². The van der Waals surface area contributed by atoms with Crippen molar-refractivity contribution in [1.82, 2.24) is 10.3 Å². The molecule has 0 spiro atoms. The fourth-order valence-electron chi connectivity index (χ4n) is 2.79. The van der Waals surface area contributed by atoms with Crippen LogP contribution >= 0.6 is 0 Å². The Morgan fingerprint density at radius 3 is 3.22 bits per heavy atom. The number of aromatic nitrogens is 1. The number of hydrogen-bond donors (Lipinski definition) is 1. The molecule has 0 bridgehead atoms. The first-order chi connectivity index (χ1) is 8.84. The smallest absolute Gasteiger partial charge is 0.207 e. The van der Waals surface area contributed by atoms with Crippen LogP contribution in [-0.4, -0.2) is 4.98 Å². The second-order valence-corrected chi connectivity index (χ2v) is 4.89. The van der Waals surface area contributed by atoms with Crippen molar-refractivity contribution in [2.24, 2.45) is 0 Å². The van der Waals surface area contributed by atoms with Crippen molar-refractivity contribution in [3.05, 3.63) is 53.2 Å². The highest BCUT2D eigenvalue weighted by Gasteiger charge is 2.20. The lowest BCUT2D eigenvalue weighted by atomic mass is 9.85. The van der Waals surface area contributed by atoms with Gasteiger partial charge in [-0.25, -0.2) is 4.98 Å². The van der Waals surface area contributed by atoms with Crippen LogP contribution < -0.4 is 5.32 Å². The third-order valence-electron chi connectivity index (χ3n) is 3.72. The van der Waals surface area contributed by atoms with Crippen LogP contribution in [0.1, 0.15) is 41.5 Å². The van der Waals surface area contributed by atoms with E-state index < -0.39 is 0 Å². The summed E-state index contributed by atoms with van der Waals surface area (Å²) in [5.41, 5.74) is 4.39. The van der Waals surface area contributed by atoms with Crippen molar-refractivity contribution in [3.8, 4) is 0 Å². The molecule has 94 valence electrons. The van der Waals surface area contributed by atoms with Gasteiger partial charge < -0.3 is 9.73 Å². The van der Waals surface area contributed by atoms with E-state index in [1.807, 2.05) is 0 Å². The quantitative estimate of drug-likeness (QED) is 0.898. The molecule has 1 unspecified atom stereocenters. The van der Waals surface area contributed by atoms with E-state index in [1.165, 1.54) is 36.0 Å². The Hall–Kier alpha value is -1.61. The Labute approximate surface area is 107 Å². The zero-order valence-electron chi connectivity index (χ0n) is 10.6. The summed E-state index contributed by atoms with van der Waals surface area (Å²) in [7, 11) is 0. The second-order valence-electron chi connectivity index (χ2n) is 4.89. The number of hydrogen-bond acceptors (Lipinski definition) is 3. The Morgan fingerprint density at radius 1 is 1.44 bits per heavy atom. The molecule has 0 saturated heterocycles. The predicted molar refractivity (Wildman–Crippen MR) is 70.2 cm³/mol. The average Bonchev–Trinajstić information content (AvgIpc) is 2.90. The summed E-state index contributed by atoms with van der Waals surface area (Å²) in [6.07, 6.45) is 6.96. The first-order valence-electron chi connectivity index (χ1n) is 6.55. The van der Waals surface area contributed by atoms with E-state index in [-0.39, 0.29) is 0 Å². The minimum absolute atomic E-state index is 0.431. The first-order valence-corrected chi connectivity index (χ1v) is 6.55. The first kappa shape index (κ1) is 11.5. The molecule has 3 rings (SSSR count). The maximum absolute atomic E-state index is 5.26. The van der Waals surface area contributed by atoms with Gasteiger partial charge in [-0.15, -0.1) is 0 Å². The van der Waals surface area contributed by atoms with E-state index in [0.717, 1.165) is 5.89 Å². The van der Waals surface area contributed by atoms with Crippen molar-refractivity contribution < 1.29 is 4.42 Å². The van der Waals surface area contributed by atoms with Gasteiger partial charge in [-0.3, -0.25) is 0 Å². The van der Waals surface area contributed by atoms with E-state index in [2.05, 4.69) is 35.4 Å². The SMILES string of the molecule is Cc1cccc2c1CCCC2NCc1ncco1. The molecule has 1 aromatic carbocycles. The van der Waals surface area contributed by atoms with Crippen LogP contribution in [0.25, 0.3) is 0 Å². The summed E-state index contributed by atoms with van der Waals surface area (Å²) in [5.74, 6) is 0.759. The van der Waals surface area contributed by atoms with E-state index in [1.54, 1.807) is 12.5 Å². The van der Waals surface area contributed by atoms with Gasteiger partial charge in [-0.1, -0.05) is 18.2 Å². The summed E-state index contributed by atoms with van der Waals surface area (Å²) in [6, 6.07) is 7.03. The van der Waals surface area contributed by atoms with Crippen molar-refractivity contribution >= 4 is 0 Å². The number of aryl methyl sites for hydroxylation is 1. The number of oxazole rings is 1. The Morgan fingerprint density at radius 2 is 2.39 bits per heavy atom. The fraction of sp³-hybridized carbons (Fsp3) is 0.400. The summed E-state index contributed by atoms with van der Waals surface area (Å²) < 4.78 is 5.26. The normalized spacial score (nSPS) is 18.6. The van der Waals surface area contributed by atoms with Gasteiger partial charge in [-0.05, 0) is 42.9 Å². The van der Waals surface area contributed by atoms with Gasteiger partial charge in [0.05, 0.1) is 12.7 Å². The molecular weight excluding hydrogens is 224 g/mol. The topological polar surface area (TPSA) is 38.1 Å². The summed E-state index contributed by atoms with van der Waals surface area (Å²) in [6.45, 7) is 2.90. The van der Waals surface area contributed by atoms with Crippen LogP contribution in [0.3, 0.4) is 0 Å². The standard InChI is InChI=1S/C15H18N2O/c1-11-4-2-6-13-12(11)5-3-7-14(13)17-10-15-16-8-9-18-15/h2,4,6,8-9,14,17H,3,5,7,10H2,1H3. The maximum atomic E-state index is 5.26. The minimum Gasteiger partial charge on any atom is -0.448 e. The molecule has 1 N–H and O–H groups in total. The van der Waals surface area contributed by atoms with Crippen LogP contribution in [0.5, 0.6) is 0 Å². The second kappa shape index (κ2) is 4.94. The number of rotatable bonds is 3. The highest BCUT2D eigenvalue weighted by molar-refractivity contribution is 5.38. The van der Waals surface area contributed by atoms with E-state index in [0.29, 0.717) is 12.6 Å². The molecule has 1 aliphatic rings. The monoisotopic (exact) mass is 242 g/mol. The van der Waals surface area contributed by atoms with Crippen LogP contribution in [0.2, 0.25) is 0 Å². The molecule has 1 aromatic heterocycles. The summed E-state index contributed by atoms with van der Waals surface area (Å²) in [5, 5.41) is 3.55. The number of nitrogens with zero attached hydrogens (tertiary/aromatic N) is 1. The van der Waals surface area contributed by atoms with Crippen molar-refractivity contribution in [1.29, 1.82) is 0 Å². The van der Waals surface area contributed by atoms with Crippen LogP contribution in [0.15, 0.2) is 35.1 Å². The summed E-state index contributed by atoms with van der Waals surface area (Å²) in [4.78, 5) is 4.14. The van der Waals surface area contributed by atoms with Gasteiger partial charge in [0.25, 0.3) is 0 Å². The number of benzene rings is 1. The van der Waals surface area contributed by atoms with Gasteiger partial charge in [0.15, 0.2) is 0 Å². The Kier molecular flexibility index (Phi) is 3.15. The molecule has 1 heterocycles. The lowest BCUT2D eigenvalue weighted by Crippen LogP contribution is -2.25. The van der Waals surface area contributed by atoms with Crippen molar-refractivity contribution in [3.63, 3.8) is 0 Å². The van der Waals surface area contributed by atoms with Gasteiger partial charge in [0.2, 0.25) is 5.89 Å². The molecule has 3 nitrogen and oxygen atoms in total. The van der Waals surface area contributed by atoms with Gasteiger partial charge >= 0.3 is 0 Å². The highest BCUT2D eigenvalue weighted by atomic mass is 16.3. The lowest BCUT2D eigenvalue weighted by Gasteiger charge is -2.27. The third kappa shape index (κ3) is 2.18. The fourth-order valence-corrected chi connectivity index (χ4v) is 2.79. The van der Waals surface area contributed by atoms with Gasteiger partial charge in [0.1, 0.15) is 6.26 Å². The molecule has 18 heavy (non-hydrogen) atoms. The van der Waals surface area contributed by atoms with Crippen LogP contribution in [0.4, 0.5) is 0 Å². The molecular formula is C15H18N2O. The van der Waals surface area contributed by atoms with Gasteiger partial charge in [0, 0.05) is 6.04 Å². The summed E-state index contributed by atoms with van der Waals surface area (Å²) >= 11 is 0. The van der Waals surface area contributed by atoms with E-state index >= 15 is 0 Å². The molecule has 3 heteroatoms. The molecule has 0 saturated carbocycles. The van der Waals surface area contributed by atoms with E-state index in [9.17, 15) is 0 Å². The zero-order valence-corrected chi connectivity index (χ0v) is 10.6. The zero-order chi connectivity index (χ0) is 12.4. The molecule has 0 fully saturated rings. The Bertz CT molecular complexity index is 519. The third-order valence-corrected chi connectivity index (χ3v) is 3.72. The van der Waals surface area contributed by atoms with Crippen LogP contribution in [-0.2, 0) is 13.0 Å². The number of nitrogens with one attached hydrogen (secondary N) is 1. The molecule has 1 aliphatic carbocycles. The largest absolute Gasteiger partial charge is 0.448 e. The van der Waals surface area contributed by atoms with Crippen LogP contribution in [0, 0.1) is 6.92 Å². The highest BCUT2D eigenvalue weighted by Crippen LogP contribution is 2.31. The van der Waals surface area contributed by atoms with Crippen molar-refractivity contribution in [2.75, 3.05) is 0 Å². The molecule has 0 aliphatic heterocycles. The molecule has 0 amide bonds. The predicted octanol–water partition coefficient (Wildman–Crippen LogP) is 3.15. The lowest BCUT2D eigenvalue weighted by molar-refractivity contribution is 0.408. The average molecular weight is 242 g/mol. The Balaban J connectivity index is 1.77. The number of fused-ring (bicyclic) bond motifs is 1. The molecule has 1 atom stereocenters. The maximum Gasteiger partial charge on any atom is 0.207 e. The van der Waals surface area contributed by atoms with Crippen molar-refractivity contribution in [2.45, 2.75) is 38.8 Å². The van der Waals surface area contributed by atoms with E-state index in [4.69, 9.17) is 4.42 Å². The molecule has 2 aromatic rings. The minimum atomic E-state index is 0.431.